The van der Waals surface area contributed by atoms with E-state index in [9.17, 15) is 19.7 Å². The summed E-state index contributed by atoms with van der Waals surface area (Å²) >= 11 is 0. The Balaban J connectivity index is 1.69. The zero-order valence-electron chi connectivity index (χ0n) is 19.0. The number of fused-ring (bicyclic) bond motifs is 1. The summed E-state index contributed by atoms with van der Waals surface area (Å²) in [6.07, 6.45) is 2.70. The van der Waals surface area contributed by atoms with Crippen molar-refractivity contribution in [3.8, 4) is 22.9 Å². The van der Waals surface area contributed by atoms with Crippen molar-refractivity contribution in [1.29, 1.82) is 5.26 Å². The first-order chi connectivity index (χ1) is 16.9. The molecule has 0 bridgehead atoms. The van der Waals surface area contributed by atoms with Crippen LogP contribution in [0.4, 0.5) is 8.78 Å². The van der Waals surface area contributed by atoms with Crippen molar-refractivity contribution in [2.45, 2.75) is 20.1 Å². The van der Waals surface area contributed by atoms with E-state index < -0.39 is 18.4 Å². The fourth-order valence-electron chi connectivity index (χ4n) is 3.96. The van der Waals surface area contributed by atoms with Crippen molar-refractivity contribution in [2.75, 3.05) is 13.7 Å². The molecule has 2 heterocycles. The highest BCUT2D eigenvalue weighted by Crippen LogP contribution is 2.35. The number of aromatic nitrogens is 3. The van der Waals surface area contributed by atoms with Crippen LogP contribution in [0.25, 0.3) is 22.0 Å². The van der Waals surface area contributed by atoms with E-state index in [1.807, 2.05) is 6.07 Å². The normalized spacial score (nSPS) is 10.8. The minimum atomic E-state index is -0.898. The predicted octanol–water partition coefficient (Wildman–Crippen LogP) is 3.91. The minimum Gasteiger partial charge on any atom is -0.493 e. The second-order valence-corrected chi connectivity index (χ2v) is 7.86. The summed E-state index contributed by atoms with van der Waals surface area (Å²) in [6, 6.07) is 11.1. The van der Waals surface area contributed by atoms with Crippen molar-refractivity contribution in [3.63, 3.8) is 0 Å². The van der Waals surface area contributed by atoms with Gasteiger partial charge in [-0.3, -0.25) is 15.1 Å². The zero-order valence-corrected chi connectivity index (χ0v) is 19.0. The average molecular weight is 478 g/mol. The maximum atomic E-state index is 15.3. The fraction of sp³-hybridized carbons (Fsp3) is 0.200. The van der Waals surface area contributed by atoms with Crippen LogP contribution in [-0.4, -0.2) is 39.9 Å². The molecule has 4 aromatic rings. The molecule has 8 nitrogen and oxygen atoms in total. The van der Waals surface area contributed by atoms with E-state index >= 15 is 4.39 Å². The van der Waals surface area contributed by atoms with Crippen molar-refractivity contribution in [3.05, 3.63) is 77.0 Å². The maximum absolute atomic E-state index is 15.3. The van der Waals surface area contributed by atoms with Gasteiger partial charge >= 0.3 is 0 Å². The van der Waals surface area contributed by atoms with E-state index in [0.717, 1.165) is 6.07 Å². The van der Waals surface area contributed by atoms with Gasteiger partial charge in [0, 0.05) is 17.3 Å². The Kier molecular flexibility index (Phi) is 6.59. The number of halogens is 2. The number of nitriles is 1. The number of ether oxygens (including phenoxy) is 1. The molecule has 35 heavy (non-hydrogen) atoms. The van der Waals surface area contributed by atoms with Gasteiger partial charge in [0.1, 0.15) is 11.6 Å². The number of pyridine rings is 1. The summed E-state index contributed by atoms with van der Waals surface area (Å²) in [6.45, 7) is 1.12. The summed E-state index contributed by atoms with van der Waals surface area (Å²) in [7, 11) is 1.53. The van der Waals surface area contributed by atoms with Gasteiger partial charge in [0.25, 0.3) is 11.6 Å². The SMILES string of the molecule is CCOc1cc(C(=O)N(C)Cc2c[n+](O)c(CF)c3cn[nH]c23)cc(F)c1-c1cccc(C#N)c1. The molecule has 0 aliphatic heterocycles. The molecule has 1 amide bonds. The number of amides is 1. The second-order valence-electron chi connectivity index (χ2n) is 7.86. The Morgan fingerprint density at radius 3 is 2.86 bits per heavy atom. The highest BCUT2D eigenvalue weighted by Gasteiger charge is 2.24. The van der Waals surface area contributed by atoms with Gasteiger partial charge in [-0.25, -0.2) is 8.78 Å². The third kappa shape index (κ3) is 4.48. The van der Waals surface area contributed by atoms with Gasteiger partial charge in [-0.2, -0.15) is 10.4 Å². The summed E-state index contributed by atoms with van der Waals surface area (Å²) in [4.78, 5) is 14.5. The molecule has 2 aromatic carbocycles. The highest BCUT2D eigenvalue weighted by atomic mass is 19.1. The third-order valence-electron chi connectivity index (χ3n) is 5.59. The molecule has 0 unspecified atom stereocenters. The Labute approximate surface area is 199 Å². The summed E-state index contributed by atoms with van der Waals surface area (Å²) in [5.41, 5.74) is 2.05. The number of hydrogen-bond acceptors (Lipinski definition) is 5. The average Bonchev–Trinajstić information content (AvgIpc) is 3.33. The molecule has 0 spiro atoms. The van der Waals surface area contributed by atoms with Crippen LogP contribution in [0.3, 0.4) is 0 Å². The van der Waals surface area contributed by atoms with Crippen molar-refractivity contribution < 1.29 is 28.2 Å². The number of aromatic amines is 1. The quantitative estimate of drug-likeness (QED) is 0.310. The third-order valence-corrected chi connectivity index (χ3v) is 5.59. The van der Waals surface area contributed by atoms with E-state index in [1.165, 1.54) is 30.4 Å². The number of rotatable bonds is 7. The smallest absolute Gasteiger partial charge is 0.275 e. The van der Waals surface area contributed by atoms with Crippen LogP contribution in [-0.2, 0) is 13.2 Å². The molecule has 0 saturated carbocycles. The minimum absolute atomic E-state index is 0.0300. The molecule has 4 rings (SSSR count). The molecular weight excluding hydrogens is 456 g/mol. The lowest BCUT2D eigenvalue weighted by Gasteiger charge is -2.19. The number of carbonyl (C=O) groups is 1. The standard InChI is InChI=1S/C25H21F2N5O3/c1-3-35-22-9-17(8-20(27)23(22)16-6-4-5-15(7-16)11-28)25(33)31(2)13-18-14-32(34)21(10-26)19-12-29-30-24(18)19/h4-9,12,14,34H,3,10,13H2,1-2H3/p+1. The fourth-order valence-corrected chi connectivity index (χ4v) is 3.96. The van der Waals surface area contributed by atoms with Crippen molar-refractivity contribution in [2.24, 2.45) is 0 Å². The number of H-pyrrole nitrogens is 1. The largest absolute Gasteiger partial charge is 0.493 e. The van der Waals surface area contributed by atoms with Gasteiger partial charge in [-0.1, -0.05) is 12.1 Å². The van der Waals surface area contributed by atoms with E-state index in [-0.39, 0.29) is 35.7 Å². The van der Waals surface area contributed by atoms with Gasteiger partial charge in [0.15, 0.2) is 6.67 Å². The summed E-state index contributed by atoms with van der Waals surface area (Å²) in [5.74, 6) is -0.982. The summed E-state index contributed by atoms with van der Waals surface area (Å²) < 4.78 is 34.9. The summed E-state index contributed by atoms with van der Waals surface area (Å²) in [5, 5.41) is 26.4. The van der Waals surface area contributed by atoms with Crippen LogP contribution in [0.5, 0.6) is 5.75 Å². The van der Waals surface area contributed by atoms with Gasteiger partial charge in [0.2, 0.25) is 6.20 Å². The first-order valence-electron chi connectivity index (χ1n) is 10.7. The number of nitrogens with one attached hydrogen (secondary N) is 1. The van der Waals surface area contributed by atoms with Crippen LogP contribution in [0.15, 0.2) is 48.8 Å². The van der Waals surface area contributed by atoms with Gasteiger partial charge < -0.3 is 9.64 Å². The first kappa shape index (κ1) is 23.6. The molecule has 0 radical (unpaired) electrons. The first-order valence-corrected chi connectivity index (χ1v) is 10.7. The lowest BCUT2D eigenvalue weighted by molar-refractivity contribution is -0.909. The number of benzene rings is 2. The lowest BCUT2D eigenvalue weighted by atomic mass is 9.99. The van der Waals surface area contributed by atoms with E-state index in [2.05, 4.69) is 10.2 Å². The maximum Gasteiger partial charge on any atom is 0.275 e. The molecule has 10 heteroatoms. The number of alkyl halides is 1. The molecule has 0 aliphatic carbocycles. The van der Waals surface area contributed by atoms with Gasteiger partial charge in [-0.15, -0.1) is 0 Å². The van der Waals surface area contributed by atoms with Gasteiger partial charge in [0.05, 0.1) is 53.0 Å². The Bertz CT molecular complexity index is 1460. The van der Waals surface area contributed by atoms with Crippen LogP contribution in [0.1, 0.15) is 34.1 Å². The Hall–Kier alpha value is -4.52. The van der Waals surface area contributed by atoms with E-state index in [1.54, 1.807) is 31.2 Å². The highest BCUT2D eigenvalue weighted by molar-refractivity contribution is 5.96. The van der Waals surface area contributed by atoms with E-state index in [0.29, 0.717) is 32.3 Å². The zero-order chi connectivity index (χ0) is 25.1. The lowest BCUT2D eigenvalue weighted by Crippen LogP contribution is -2.36. The monoisotopic (exact) mass is 478 g/mol. The van der Waals surface area contributed by atoms with Crippen molar-refractivity contribution in [1.82, 2.24) is 15.1 Å². The second kappa shape index (κ2) is 9.77. The molecule has 2 aromatic heterocycles. The molecule has 178 valence electrons. The van der Waals surface area contributed by atoms with Crippen LogP contribution >= 0.6 is 0 Å². The predicted molar refractivity (Wildman–Crippen MR) is 122 cm³/mol. The molecule has 0 aliphatic rings. The van der Waals surface area contributed by atoms with Crippen LogP contribution in [0, 0.1) is 17.1 Å². The molecule has 0 atom stereocenters. The molecular formula is C25H22F2N5O3+. The molecule has 0 fully saturated rings. The van der Waals surface area contributed by atoms with Crippen molar-refractivity contribution >= 4 is 16.8 Å². The molecule has 0 saturated heterocycles. The Morgan fingerprint density at radius 2 is 2.14 bits per heavy atom. The number of carbonyl (C=O) groups excluding carboxylic acids is 1. The molecule has 2 N–H and O–H groups in total. The van der Waals surface area contributed by atoms with Crippen LogP contribution in [0.2, 0.25) is 0 Å². The van der Waals surface area contributed by atoms with Gasteiger partial charge in [-0.05, 0) is 36.8 Å². The number of hydrogen-bond donors (Lipinski definition) is 2. The number of nitrogens with zero attached hydrogens (tertiary/aromatic N) is 4. The topological polar surface area (TPSA) is 106 Å². The van der Waals surface area contributed by atoms with E-state index in [4.69, 9.17) is 4.74 Å². The Morgan fingerprint density at radius 1 is 1.34 bits per heavy atom. The van der Waals surface area contributed by atoms with Crippen LogP contribution < -0.4 is 9.47 Å².